The van der Waals surface area contributed by atoms with E-state index in [9.17, 15) is 9.59 Å². The standard InChI is InChI=1S/C18H16N4O3/c1-25-13-7-5-12(6-8-13)17(23)11-20-18(24)16-10-15(21-22-16)14-4-2-3-9-19-14/h2-10H,11H2,1H3,(H,20,24)(H,21,22). The number of rotatable bonds is 6. The number of nitrogens with zero attached hydrogens (tertiary/aromatic N) is 2. The number of hydrogen-bond donors (Lipinski definition) is 2. The van der Waals surface area contributed by atoms with Crippen molar-refractivity contribution in [1.29, 1.82) is 0 Å². The molecule has 0 spiro atoms. The van der Waals surface area contributed by atoms with Crippen LogP contribution in [0.15, 0.2) is 54.7 Å². The Morgan fingerprint density at radius 1 is 1.12 bits per heavy atom. The second-order valence-electron chi connectivity index (χ2n) is 5.22. The summed E-state index contributed by atoms with van der Waals surface area (Å²) >= 11 is 0. The molecule has 0 saturated carbocycles. The van der Waals surface area contributed by atoms with E-state index in [1.807, 2.05) is 6.07 Å². The predicted octanol–water partition coefficient (Wildman–Crippen LogP) is 2.09. The molecule has 25 heavy (non-hydrogen) atoms. The number of carbonyl (C=O) groups excluding carboxylic acids is 2. The summed E-state index contributed by atoms with van der Waals surface area (Å²) in [6.45, 7) is -0.108. The van der Waals surface area contributed by atoms with Gasteiger partial charge in [0, 0.05) is 11.8 Å². The molecule has 7 heteroatoms. The lowest BCUT2D eigenvalue weighted by molar-refractivity contribution is 0.0901. The summed E-state index contributed by atoms with van der Waals surface area (Å²) in [5, 5.41) is 9.30. The molecule has 1 aromatic carbocycles. The molecule has 1 amide bonds. The summed E-state index contributed by atoms with van der Waals surface area (Å²) in [6.07, 6.45) is 1.65. The predicted molar refractivity (Wildman–Crippen MR) is 91.5 cm³/mol. The minimum Gasteiger partial charge on any atom is -0.497 e. The van der Waals surface area contributed by atoms with Crippen LogP contribution in [-0.2, 0) is 0 Å². The Balaban J connectivity index is 1.60. The maximum atomic E-state index is 12.2. The third kappa shape index (κ3) is 3.89. The fourth-order valence-electron chi connectivity index (χ4n) is 2.22. The Morgan fingerprint density at radius 3 is 2.60 bits per heavy atom. The van der Waals surface area contributed by atoms with E-state index in [2.05, 4.69) is 20.5 Å². The maximum absolute atomic E-state index is 12.2. The number of hydrogen-bond acceptors (Lipinski definition) is 5. The second kappa shape index (κ2) is 7.39. The Hall–Kier alpha value is -3.48. The molecule has 0 atom stereocenters. The van der Waals surface area contributed by atoms with Gasteiger partial charge in [-0.25, -0.2) is 0 Å². The van der Waals surface area contributed by atoms with Crippen molar-refractivity contribution in [3.8, 4) is 17.1 Å². The zero-order valence-corrected chi connectivity index (χ0v) is 13.5. The zero-order chi connectivity index (χ0) is 17.6. The van der Waals surface area contributed by atoms with Gasteiger partial charge in [0.15, 0.2) is 5.78 Å². The highest BCUT2D eigenvalue weighted by Gasteiger charge is 2.13. The minimum absolute atomic E-state index is 0.108. The molecular formula is C18H16N4O3. The number of Topliss-reactive ketones (excluding diaryl/α,β-unsaturated/α-hetero) is 1. The van der Waals surface area contributed by atoms with E-state index in [1.54, 1.807) is 55.8 Å². The summed E-state index contributed by atoms with van der Waals surface area (Å²) in [5.74, 6) is 0.0668. The van der Waals surface area contributed by atoms with Gasteiger partial charge in [-0.15, -0.1) is 0 Å². The summed E-state index contributed by atoms with van der Waals surface area (Å²) in [5.41, 5.74) is 1.99. The second-order valence-corrected chi connectivity index (χ2v) is 5.22. The molecule has 0 aliphatic rings. The van der Waals surface area contributed by atoms with Crippen molar-refractivity contribution < 1.29 is 14.3 Å². The first kappa shape index (κ1) is 16.4. The number of methoxy groups -OCH3 is 1. The molecule has 126 valence electrons. The molecule has 0 fully saturated rings. The van der Waals surface area contributed by atoms with Gasteiger partial charge < -0.3 is 10.1 Å². The van der Waals surface area contributed by atoms with Crippen molar-refractivity contribution in [3.63, 3.8) is 0 Å². The van der Waals surface area contributed by atoms with E-state index in [0.717, 1.165) is 0 Å². The Kier molecular flexibility index (Phi) is 4.84. The van der Waals surface area contributed by atoms with Crippen LogP contribution < -0.4 is 10.1 Å². The molecule has 0 aliphatic carbocycles. The monoisotopic (exact) mass is 336 g/mol. The molecule has 3 aromatic rings. The lowest BCUT2D eigenvalue weighted by Crippen LogP contribution is -2.29. The van der Waals surface area contributed by atoms with Crippen LogP contribution in [0.5, 0.6) is 5.75 Å². The van der Waals surface area contributed by atoms with E-state index >= 15 is 0 Å². The van der Waals surface area contributed by atoms with E-state index < -0.39 is 5.91 Å². The van der Waals surface area contributed by atoms with Gasteiger partial charge in [-0.1, -0.05) is 6.07 Å². The van der Waals surface area contributed by atoms with Crippen LogP contribution in [0, 0.1) is 0 Å². The SMILES string of the molecule is COc1ccc(C(=O)CNC(=O)c2cc(-c3ccccn3)n[nH]2)cc1. The summed E-state index contributed by atoms with van der Waals surface area (Å²) in [6, 6.07) is 13.7. The number of benzene rings is 1. The smallest absolute Gasteiger partial charge is 0.269 e. The molecule has 0 unspecified atom stereocenters. The third-order valence-electron chi connectivity index (χ3n) is 3.57. The largest absolute Gasteiger partial charge is 0.497 e. The van der Waals surface area contributed by atoms with Crippen LogP contribution in [0.4, 0.5) is 0 Å². The Labute approximate surface area is 144 Å². The molecule has 0 bridgehead atoms. The van der Waals surface area contributed by atoms with Gasteiger partial charge in [0.2, 0.25) is 0 Å². The normalized spacial score (nSPS) is 10.3. The Bertz CT molecular complexity index is 873. The van der Waals surface area contributed by atoms with E-state index in [0.29, 0.717) is 22.7 Å². The van der Waals surface area contributed by atoms with Gasteiger partial charge in [-0.2, -0.15) is 5.10 Å². The molecule has 7 nitrogen and oxygen atoms in total. The van der Waals surface area contributed by atoms with Crippen molar-refractivity contribution in [3.05, 3.63) is 66.0 Å². The van der Waals surface area contributed by atoms with Gasteiger partial charge in [0.1, 0.15) is 17.1 Å². The quantitative estimate of drug-likeness (QED) is 0.672. The number of H-pyrrole nitrogens is 1. The summed E-state index contributed by atoms with van der Waals surface area (Å²) in [4.78, 5) is 28.4. The van der Waals surface area contributed by atoms with E-state index in [1.165, 1.54) is 0 Å². The lowest BCUT2D eigenvalue weighted by Gasteiger charge is -2.04. The van der Waals surface area contributed by atoms with Crippen molar-refractivity contribution in [2.45, 2.75) is 0 Å². The first-order valence-electron chi connectivity index (χ1n) is 7.59. The highest BCUT2D eigenvalue weighted by molar-refractivity contribution is 6.01. The minimum atomic E-state index is -0.406. The number of carbonyl (C=O) groups is 2. The van der Waals surface area contributed by atoms with Crippen LogP contribution in [0.25, 0.3) is 11.4 Å². The number of nitrogens with one attached hydrogen (secondary N) is 2. The lowest BCUT2D eigenvalue weighted by atomic mass is 10.1. The van der Waals surface area contributed by atoms with Gasteiger partial charge in [-0.05, 0) is 42.5 Å². The van der Waals surface area contributed by atoms with E-state index in [4.69, 9.17) is 4.74 Å². The number of aromatic amines is 1. The topological polar surface area (TPSA) is 97.0 Å². The summed E-state index contributed by atoms with van der Waals surface area (Å²) in [7, 11) is 1.56. The third-order valence-corrected chi connectivity index (χ3v) is 3.57. The first-order valence-corrected chi connectivity index (χ1v) is 7.59. The maximum Gasteiger partial charge on any atom is 0.269 e. The summed E-state index contributed by atoms with van der Waals surface area (Å²) < 4.78 is 5.05. The van der Waals surface area contributed by atoms with Gasteiger partial charge in [0.05, 0.1) is 19.3 Å². The highest BCUT2D eigenvalue weighted by Crippen LogP contribution is 2.14. The number of amides is 1. The van der Waals surface area contributed by atoms with E-state index in [-0.39, 0.29) is 18.0 Å². The number of pyridine rings is 1. The number of ether oxygens (including phenoxy) is 1. The van der Waals surface area contributed by atoms with Gasteiger partial charge in [0.25, 0.3) is 5.91 Å². The van der Waals surface area contributed by atoms with Crippen molar-refractivity contribution in [2.24, 2.45) is 0 Å². The number of ketones is 1. The average Bonchev–Trinajstić information content (AvgIpc) is 3.17. The van der Waals surface area contributed by atoms with Crippen LogP contribution in [0.2, 0.25) is 0 Å². The fraction of sp³-hybridized carbons (Fsp3) is 0.111. The zero-order valence-electron chi connectivity index (χ0n) is 13.5. The first-order chi connectivity index (χ1) is 12.2. The van der Waals surface area contributed by atoms with Crippen molar-refractivity contribution in [2.75, 3.05) is 13.7 Å². The average molecular weight is 336 g/mol. The molecule has 0 saturated heterocycles. The molecule has 2 heterocycles. The molecule has 2 aromatic heterocycles. The van der Waals surface area contributed by atoms with Crippen molar-refractivity contribution in [1.82, 2.24) is 20.5 Å². The molecule has 2 N–H and O–H groups in total. The Morgan fingerprint density at radius 2 is 1.92 bits per heavy atom. The van der Waals surface area contributed by atoms with Crippen LogP contribution >= 0.6 is 0 Å². The van der Waals surface area contributed by atoms with Gasteiger partial charge >= 0.3 is 0 Å². The molecular weight excluding hydrogens is 320 g/mol. The van der Waals surface area contributed by atoms with Crippen LogP contribution in [0.1, 0.15) is 20.8 Å². The molecule has 0 radical (unpaired) electrons. The number of aromatic nitrogens is 3. The molecule has 0 aliphatic heterocycles. The molecule has 3 rings (SSSR count). The fourth-order valence-corrected chi connectivity index (χ4v) is 2.22. The van der Waals surface area contributed by atoms with Gasteiger partial charge in [-0.3, -0.25) is 19.7 Å². The van der Waals surface area contributed by atoms with Crippen molar-refractivity contribution >= 4 is 11.7 Å². The highest BCUT2D eigenvalue weighted by atomic mass is 16.5. The van der Waals surface area contributed by atoms with Crippen LogP contribution in [-0.4, -0.2) is 40.5 Å². The van der Waals surface area contributed by atoms with Crippen LogP contribution in [0.3, 0.4) is 0 Å².